The molecule has 2 N–H and O–H groups in total. The van der Waals surface area contributed by atoms with E-state index >= 15 is 0 Å². The second-order valence-corrected chi connectivity index (χ2v) is 32.7. The Morgan fingerprint density at radius 2 is 0.421 bits per heavy atom. The monoisotopic (exact) mass is 1040 g/mol. The van der Waals surface area contributed by atoms with Gasteiger partial charge in [0.25, 0.3) is 0 Å². The van der Waals surface area contributed by atoms with Crippen LogP contribution < -0.4 is 10.6 Å². The Bertz CT molecular complexity index is 1670. The van der Waals surface area contributed by atoms with Crippen LogP contribution >= 0.6 is 0 Å². The van der Waals surface area contributed by atoms with Crippen molar-refractivity contribution >= 4 is 0 Å². The summed E-state index contributed by atoms with van der Waals surface area (Å²) in [5.74, 6) is 23.5. The van der Waals surface area contributed by atoms with Crippen molar-refractivity contribution in [3.63, 3.8) is 0 Å². The predicted octanol–water partition coefficient (Wildman–Crippen LogP) is 17.3. The standard InChI is InChI=1S/C72H120N4/c1-3-15-47(16-4-1)55-39-41-67-73-65(45-75(67)43-55)49-27-31-51(32-28-49)69-57-19-7-11-23-61(57)71(62-24-12-8-20-58(62)69)53-35-37-54(38-36-53)72-63-25-13-9-21-59(63)70(60-22-10-14-26-64(60)72)52-33-29-50(30-34-52)66-46-76-44-56(40-42-68(76)74-66)48-17-5-2-6-18-48/h47-74H,1-46H2. The first-order valence-corrected chi connectivity index (χ1v) is 36.7. The van der Waals surface area contributed by atoms with Gasteiger partial charge in [-0.15, -0.1) is 0 Å². The predicted molar refractivity (Wildman–Crippen MR) is 315 cm³/mol. The number of hydrogen-bond donors (Lipinski definition) is 2. The molecule has 76 heavy (non-hydrogen) atoms. The Morgan fingerprint density at radius 1 is 0.184 bits per heavy atom. The summed E-state index contributed by atoms with van der Waals surface area (Å²) in [5, 5.41) is 8.65. The lowest BCUT2D eigenvalue weighted by molar-refractivity contribution is -0.129. The van der Waals surface area contributed by atoms with Gasteiger partial charge in [-0.05, 0) is 284 Å². The van der Waals surface area contributed by atoms with E-state index in [1.54, 1.807) is 205 Å². The molecule has 4 aliphatic heterocycles. The van der Waals surface area contributed by atoms with Gasteiger partial charge >= 0.3 is 0 Å². The van der Waals surface area contributed by atoms with Crippen molar-refractivity contribution in [2.45, 2.75) is 294 Å². The SMILES string of the molecule is C1CCC(C2CCC3NC(C4CCC(C5C6CCCCC6C(C6CCC(C7C8CCCCC8C(C8CCC(C9CN%10CC(C%11CCCCC%11)CCC%10N9)CC8)C8CCCCC87)CC6)C6CCCCC65)CC4)CN3C2)CC1. The molecule has 4 nitrogen and oxygen atoms in total. The first-order valence-electron chi connectivity index (χ1n) is 36.7. The molecule has 0 amide bonds. The van der Waals surface area contributed by atoms with Gasteiger partial charge in [0.2, 0.25) is 0 Å². The van der Waals surface area contributed by atoms with Crippen LogP contribution in [-0.4, -0.2) is 60.4 Å². The summed E-state index contributed by atoms with van der Waals surface area (Å²) in [6.45, 7) is 5.62. The van der Waals surface area contributed by atoms with E-state index in [1.807, 2.05) is 0 Å². The van der Waals surface area contributed by atoms with Crippen molar-refractivity contribution in [2.75, 3.05) is 26.2 Å². The molecule has 0 radical (unpaired) electrons. The normalized spacial score (nSPS) is 52.1. The number of piperidine rings is 2. The zero-order chi connectivity index (χ0) is 50.1. The van der Waals surface area contributed by atoms with Crippen LogP contribution in [0.25, 0.3) is 0 Å². The minimum Gasteiger partial charge on any atom is -0.297 e. The number of rotatable bonds is 8. The van der Waals surface area contributed by atoms with E-state index in [0.717, 1.165) is 142 Å². The highest BCUT2D eigenvalue weighted by Crippen LogP contribution is 2.66. The molecule has 14 atom stereocenters. The minimum atomic E-state index is 0.712. The third-order valence-electron chi connectivity index (χ3n) is 30.0. The molecular weight excluding hydrogens is 921 g/mol. The topological polar surface area (TPSA) is 30.5 Å². The van der Waals surface area contributed by atoms with Crippen LogP contribution in [0.3, 0.4) is 0 Å². The van der Waals surface area contributed by atoms with Crippen LogP contribution in [-0.2, 0) is 0 Å². The molecule has 0 spiro atoms. The number of hydrogen-bond acceptors (Lipinski definition) is 4. The fraction of sp³-hybridized carbons (Fsp3) is 1.00. The van der Waals surface area contributed by atoms with Gasteiger partial charge in [-0.3, -0.25) is 20.4 Å². The molecule has 0 aromatic rings. The molecular formula is C72H120N4. The van der Waals surface area contributed by atoms with Crippen LogP contribution in [0.1, 0.15) is 270 Å². The van der Waals surface area contributed by atoms with Crippen molar-refractivity contribution < 1.29 is 0 Å². The Labute approximate surface area is 468 Å². The van der Waals surface area contributed by atoms with E-state index in [2.05, 4.69) is 20.4 Å². The van der Waals surface area contributed by atoms with Crippen LogP contribution in [0, 0.1) is 130 Å². The van der Waals surface area contributed by atoms with Crippen molar-refractivity contribution in [1.82, 2.24) is 20.4 Å². The summed E-state index contributed by atoms with van der Waals surface area (Å²) in [7, 11) is 0. The molecule has 11 saturated carbocycles. The lowest BCUT2D eigenvalue weighted by Gasteiger charge is -2.62. The summed E-state index contributed by atoms with van der Waals surface area (Å²) in [6.07, 6.45) is 67.4. The van der Waals surface area contributed by atoms with E-state index in [9.17, 15) is 0 Å². The first-order chi connectivity index (χ1) is 37.7. The second kappa shape index (κ2) is 23.5. The molecule has 0 aromatic heterocycles. The number of fused-ring (bicyclic) bond motifs is 6. The van der Waals surface area contributed by atoms with Crippen molar-refractivity contribution in [1.29, 1.82) is 0 Å². The smallest absolute Gasteiger partial charge is 0.0600 e. The summed E-state index contributed by atoms with van der Waals surface area (Å²) < 4.78 is 0. The highest BCUT2D eigenvalue weighted by molar-refractivity contribution is 5.08. The molecule has 428 valence electrons. The zero-order valence-electron chi connectivity index (χ0n) is 49.4. The van der Waals surface area contributed by atoms with Gasteiger partial charge in [-0.2, -0.15) is 0 Å². The molecule has 4 saturated heterocycles. The van der Waals surface area contributed by atoms with Crippen LogP contribution in [0.15, 0.2) is 0 Å². The summed E-state index contributed by atoms with van der Waals surface area (Å²) in [6, 6.07) is 1.59. The Balaban J connectivity index is 0.579. The van der Waals surface area contributed by atoms with Crippen molar-refractivity contribution in [3.8, 4) is 0 Å². The molecule has 11 aliphatic carbocycles. The van der Waals surface area contributed by atoms with Crippen LogP contribution in [0.5, 0.6) is 0 Å². The van der Waals surface area contributed by atoms with E-state index in [1.165, 1.54) is 90.4 Å². The molecule has 15 fully saturated rings. The highest BCUT2D eigenvalue weighted by Gasteiger charge is 2.59. The van der Waals surface area contributed by atoms with Gasteiger partial charge in [0.05, 0.1) is 12.3 Å². The maximum absolute atomic E-state index is 4.33. The maximum Gasteiger partial charge on any atom is 0.0600 e. The van der Waals surface area contributed by atoms with Crippen molar-refractivity contribution in [2.24, 2.45) is 130 Å². The Hall–Kier alpha value is -0.160. The third kappa shape index (κ3) is 10.2. The molecule has 4 heteroatoms. The number of nitrogens with one attached hydrogen (secondary N) is 2. The maximum atomic E-state index is 4.33. The van der Waals surface area contributed by atoms with Crippen LogP contribution in [0.2, 0.25) is 0 Å². The van der Waals surface area contributed by atoms with E-state index < -0.39 is 0 Å². The first kappa shape index (κ1) is 52.6. The van der Waals surface area contributed by atoms with Gasteiger partial charge in [0, 0.05) is 38.3 Å². The van der Waals surface area contributed by atoms with Crippen LogP contribution in [0.4, 0.5) is 0 Å². The fourth-order valence-electron chi connectivity index (χ4n) is 27.0. The van der Waals surface area contributed by atoms with E-state index in [-0.39, 0.29) is 0 Å². The third-order valence-corrected chi connectivity index (χ3v) is 30.0. The van der Waals surface area contributed by atoms with Gasteiger partial charge in [-0.25, -0.2) is 0 Å². The summed E-state index contributed by atoms with van der Waals surface area (Å²) in [5.41, 5.74) is 0. The molecule has 0 aromatic carbocycles. The average Bonchev–Trinajstić information content (AvgIpc) is 4.21. The zero-order valence-corrected chi connectivity index (χ0v) is 49.4. The average molecular weight is 1040 g/mol. The van der Waals surface area contributed by atoms with Gasteiger partial charge < -0.3 is 0 Å². The quantitative estimate of drug-likeness (QED) is 0.254. The fourth-order valence-corrected chi connectivity index (χ4v) is 27.0. The summed E-state index contributed by atoms with van der Waals surface area (Å²) in [4.78, 5) is 5.95. The van der Waals surface area contributed by atoms with Crippen molar-refractivity contribution in [3.05, 3.63) is 0 Å². The lowest BCUT2D eigenvalue weighted by Crippen LogP contribution is -2.55. The molecule has 14 unspecified atom stereocenters. The Morgan fingerprint density at radius 3 is 0.697 bits per heavy atom. The minimum absolute atomic E-state index is 0.712. The highest BCUT2D eigenvalue weighted by atomic mass is 15.4. The van der Waals surface area contributed by atoms with Gasteiger partial charge in [0.15, 0.2) is 0 Å². The summed E-state index contributed by atoms with van der Waals surface area (Å²) >= 11 is 0. The molecule has 15 rings (SSSR count). The van der Waals surface area contributed by atoms with Gasteiger partial charge in [-0.1, -0.05) is 116 Å². The molecule has 0 bridgehead atoms. The second-order valence-electron chi connectivity index (χ2n) is 32.7. The molecule has 15 aliphatic rings. The Kier molecular flexibility index (Phi) is 16.3. The molecule has 4 heterocycles. The van der Waals surface area contributed by atoms with E-state index in [4.69, 9.17) is 0 Å². The van der Waals surface area contributed by atoms with E-state index in [0.29, 0.717) is 12.3 Å². The van der Waals surface area contributed by atoms with Gasteiger partial charge in [0.1, 0.15) is 0 Å². The number of nitrogens with zero attached hydrogens (tertiary/aromatic N) is 2. The lowest BCUT2D eigenvalue weighted by atomic mass is 9.43. The largest absolute Gasteiger partial charge is 0.297 e.